The summed E-state index contributed by atoms with van der Waals surface area (Å²) in [6.07, 6.45) is 1.84. The molecule has 1 aromatic rings. The third-order valence-corrected chi connectivity index (χ3v) is 2.54. The maximum atomic E-state index is 5.14. The van der Waals surface area contributed by atoms with Crippen LogP contribution < -0.4 is 5.32 Å². The van der Waals surface area contributed by atoms with Crippen LogP contribution in [-0.2, 0) is 4.74 Å². The molecule has 0 amide bonds. The number of pyridine rings is 1. The van der Waals surface area contributed by atoms with E-state index in [1.807, 2.05) is 19.2 Å². The quantitative estimate of drug-likeness (QED) is 0.915. The summed E-state index contributed by atoms with van der Waals surface area (Å²) in [6.45, 7) is 6.80. The van der Waals surface area contributed by atoms with E-state index in [9.17, 15) is 0 Å². The zero-order valence-corrected chi connectivity index (χ0v) is 11.2. The second-order valence-corrected chi connectivity index (χ2v) is 5.14. The summed E-state index contributed by atoms with van der Waals surface area (Å²) in [4.78, 5) is 4.33. The van der Waals surface area contributed by atoms with Crippen LogP contribution in [0.4, 0.5) is 5.82 Å². The van der Waals surface area contributed by atoms with E-state index in [1.54, 1.807) is 7.11 Å². The van der Waals surface area contributed by atoms with Crippen molar-refractivity contribution in [3.8, 4) is 0 Å². The lowest BCUT2D eigenvalue weighted by Gasteiger charge is -2.26. The molecule has 0 spiro atoms. The van der Waals surface area contributed by atoms with Gasteiger partial charge in [-0.2, -0.15) is 0 Å². The molecule has 84 valence electrons. The fourth-order valence-electron chi connectivity index (χ4n) is 1.34. The topological polar surface area (TPSA) is 34.1 Å². The Hall–Kier alpha value is -0.610. The maximum absolute atomic E-state index is 5.14. The Balaban J connectivity index is 2.80. The van der Waals surface area contributed by atoms with E-state index in [2.05, 4.69) is 40.1 Å². The highest BCUT2D eigenvalue weighted by Crippen LogP contribution is 2.23. The second-order valence-electron chi connectivity index (χ2n) is 4.28. The lowest BCUT2D eigenvalue weighted by atomic mass is 10.1. The lowest BCUT2D eigenvalue weighted by molar-refractivity contribution is 0.158. The fourth-order valence-corrected chi connectivity index (χ4v) is 1.91. The van der Waals surface area contributed by atoms with Gasteiger partial charge in [0.2, 0.25) is 0 Å². The van der Waals surface area contributed by atoms with Crippen molar-refractivity contribution in [1.82, 2.24) is 4.98 Å². The van der Waals surface area contributed by atoms with Crippen LogP contribution in [0.25, 0.3) is 0 Å². The van der Waals surface area contributed by atoms with Gasteiger partial charge < -0.3 is 10.1 Å². The normalized spacial score (nSPS) is 11.5. The van der Waals surface area contributed by atoms with Gasteiger partial charge in [-0.15, -0.1) is 0 Å². The van der Waals surface area contributed by atoms with E-state index in [0.29, 0.717) is 6.61 Å². The first-order valence-corrected chi connectivity index (χ1v) is 5.63. The smallest absolute Gasteiger partial charge is 0.140 e. The largest absolute Gasteiger partial charge is 0.382 e. The predicted octanol–water partition coefficient (Wildman–Crippen LogP) is 2.99. The minimum Gasteiger partial charge on any atom is -0.382 e. The van der Waals surface area contributed by atoms with Crippen LogP contribution in [0, 0.1) is 6.92 Å². The molecule has 0 bridgehead atoms. The van der Waals surface area contributed by atoms with Crippen LogP contribution in [0.1, 0.15) is 19.4 Å². The molecule has 0 saturated carbocycles. The predicted molar refractivity (Wildman–Crippen MR) is 66.3 cm³/mol. The van der Waals surface area contributed by atoms with Crippen molar-refractivity contribution < 1.29 is 4.74 Å². The van der Waals surface area contributed by atoms with E-state index in [1.165, 1.54) is 0 Å². The highest BCUT2D eigenvalue weighted by Gasteiger charge is 2.18. The van der Waals surface area contributed by atoms with E-state index >= 15 is 0 Å². The molecule has 0 aliphatic rings. The Morgan fingerprint density at radius 3 is 2.73 bits per heavy atom. The van der Waals surface area contributed by atoms with Crippen LogP contribution in [-0.4, -0.2) is 24.2 Å². The molecule has 0 atom stereocenters. The molecule has 0 radical (unpaired) electrons. The molecule has 0 saturated heterocycles. The third-order valence-electron chi connectivity index (χ3n) is 1.94. The Kier molecular flexibility index (Phi) is 4.11. The first-order chi connectivity index (χ1) is 6.94. The van der Waals surface area contributed by atoms with E-state index in [4.69, 9.17) is 4.74 Å². The van der Waals surface area contributed by atoms with Crippen molar-refractivity contribution in [3.63, 3.8) is 0 Å². The van der Waals surface area contributed by atoms with Crippen molar-refractivity contribution in [1.29, 1.82) is 0 Å². The van der Waals surface area contributed by atoms with Crippen molar-refractivity contribution in [3.05, 3.63) is 22.3 Å². The number of rotatable bonds is 4. The Labute approximate surface area is 99.4 Å². The number of anilines is 1. The molecule has 0 aliphatic heterocycles. The molecular formula is C11H17BrN2O. The van der Waals surface area contributed by atoms with Gasteiger partial charge in [-0.3, -0.25) is 0 Å². The van der Waals surface area contributed by atoms with Crippen molar-refractivity contribution in [2.24, 2.45) is 0 Å². The summed E-state index contributed by atoms with van der Waals surface area (Å²) in [6, 6.07) is 2.04. The van der Waals surface area contributed by atoms with Gasteiger partial charge in [-0.25, -0.2) is 4.98 Å². The molecular weight excluding hydrogens is 256 g/mol. The van der Waals surface area contributed by atoms with Crippen LogP contribution in [0.15, 0.2) is 16.7 Å². The molecule has 1 heterocycles. The Bertz CT molecular complexity index is 339. The summed E-state index contributed by atoms with van der Waals surface area (Å²) in [7, 11) is 1.70. The Morgan fingerprint density at radius 1 is 1.53 bits per heavy atom. The van der Waals surface area contributed by atoms with Gasteiger partial charge >= 0.3 is 0 Å². The minimum absolute atomic E-state index is 0.125. The summed E-state index contributed by atoms with van der Waals surface area (Å²) >= 11 is 3.49. The van der Waals surface area contributed by atoms with Crippen molar-refractivity contribution in [2.75, 3.05) is 19.0 Å². The van der Waals surface area contributed by atoms with E-state index in [0.717, 1.165) is 15.9 Å². The molecule has 0 fully saturated rings. The molecule has 1 N–H and O–H groups in total. The molecule has 0 aromatic carbocycles. The number of ether oxygens (including phenoxy) is 1. The summed E-state index contributed by atoms with van der Waals surface area (Å²) in [5, 5.41) is 3.33. The van der Waals surface area contributed by atoms with Gasteiger partial charge in [0.25, 0.3) is 0 Å². The van der Waals surface area contributed by atoms with Gasteiger partial charge in [0, 0.05) is 13.3 Å². The first-order valence-electron chi connectivity index (χ1n) is 4.84. The molecule has 1 rings (SSSR count). The molecule has 15 heavy (non-hydrogen) atoms. The summed E-state index contributed by atoms with van der Waals surface area (Å²) < 4.78 is 6.12. The molecule has 0 unspecified atom stereocenters. The number of aromatic nitrogens is 1. The molecule has 3 nitrogen and oxygen atoms in total. The van der Waals surface area contributed by atoms with Crippen LogP contribution in [0.5, 0.6) is 0 Å². The number of methoxy groups -OCH3 is 1. The average molecular weight is 273 g/mol. The standard InChI is InChI=1S/C11H17BrN2O/c1-8-5-9(12)10(13-6-8)14-11(2,3)7-15-4/h5-6H,7H2,1-4H3,(H,13,14). The number of nitrogens with one attached hydrogen (secondary N) is 1. The van der Waals surface area contributed by atoms with Gasteiger partial charge in [-0.05, 0) is 48.3 Å². The molecule has 4 heteroatoms. The SMILES string of the molecule is COCC(C)(C)Nc1ncc(C)cc1Br. The van der Waals surface area contributed by atoms with Crippen molar-refractivity contribution in [2.45, 2.75) is 26.3 Å². The summed E-state index contributed by atoms with van der Waals surface area (Å²) in [5.74, 6) is 0.850. The number of hydrogen-bond acceptors (Lipinski definition) is 3. The van der Waals surface area contributed by atoms with Crippen LogP contribution >= 0.6 is 15.9 Å². The number of hydrogen-bond donors (Lipinski definition) is 1. The second kappa shape index (κ2) is 4.94. The van der Waals surface area contributed by atoms with Crippen LogP contribution in [0.2, 0.25) is 0 Å². The third kappa shape index (κ3) is 3.80. The molecule has 0 aliphatic carbocycles. The number of nitrogens with zero attached hydrogens (tertiary/aromatic N) is 1. The van der Waals surface area contributed by atoms with E-state index in [-0.39, 0.29) is 5.54 Å². The highest BCUT2D eigenvalue weighted by atomic mass is 79.9. The monoisotopic (exact) mass is 272 g/mol. The lowest BCUT2D eigenvalue weighted by Crippen LogP contribution is -2.36. The number of halogens is 1. The average Bonchev–Trinajstić information content (AvgIpc) is 2.09. The summed E-state index contributed by atoms with van der Waals surface area (Å²) in [5.41, 5.74) is 1.01. The highest BCUT2D eigenvalue weighted by molar-refractivity contribution is 9.10. The maximum Gasteiger partial charge on any atom is 0.140 e. The van der Waals surface area contributed by atoms with Gasteiger partial charge in [0.05, 0.1) is 16.6 Å². The zero-order chi connectivity index (χ0) is 11.5. The van der Waals surface area contributed by atoms with Crippen LogP contribution in [0.3, 0.4) is 0 Å². The molecule has 1 aromatic heterocycles. The fraction of sp³-hybridized carbons (Fsp3) is 0.545. The minimum atomic E-state index is -0.125. The van der Waals surface area contributed by atoms with E-state index < -0.39 is 0 Å². The zero-order valence-electron chi connectivity index (χ0n) is 9.60. The van der Waals surface area contributed by atoms with Gasteiger partial charge in [0.15, 0.2) is 0 Å². The van der Waals surface area contributed by atoms with Gasteiger partial charge in [-0.1, -0.05) is 0 Å². The van der Waals surface area contributed by atoms with Gasteiger partial charge in [0.1, 0.15) is 5.82 Å². The van der Waals surface area contributed by atoms with Crippen molar-refractivity contribution >= 4 is 21.7 Å². The number of aryl methyl sites for hydroxylation is 1. The first kappa shape index (κ1) is 12.5. The Morgan fingerprint density at radius 2 is 2.20 bits per heavy atom.